The van der Waals surface area contributed by atoms with Gasteiger partial charge in [0.1, 0.15) is 18.0 Å². The first-order valence-electron chi connectivity index (χ1n) is 4.95. The van der Waals surface area contributed by atoms with Gasteiger partial charge in [0.2, 0.25) is 0 Å². The third-order valence-corrected chi connectivity index (χ3v) is 2.78. The lowest BCUT2D eigenvalue weighted by Crippen LogP contribution is -2.85. The van der Waals surface area contributed by atoms with Crippen LogP contribution in [0.4, 0.5) is 0 Å². The van der Waals surface area contributed by atoms with Crippen molar-refractivity contribution in [2.75, 3.05) is 19.7 Å². The molecule has 2 N–H and O–H groups in total. The first kappa shape index (κ1) is 13.7. The summed E-state index contributed by atoms with van der Waals surface area (Å²) in [7, 11) is 0. The molecule has 0 saturated carbocycles. The van der Waals surface area contributed by atoms with Crippen LogP contribution >= 0.6 is 15.9 Å². The van der Waals surface area contributed by atoms with Gasteiger partial charge >= 0.3 is 5.97 Å². The molecule has 0 heterocycles. The van der Waals surface area contributed by atoms with E-state index in [1.54, 1.807) is 0 Å². The van der Waals surface area contributed by atoms with E-state index in [0.717, 1.165) is 25.9 Å². The second-order valence-electron chi connectivity index (χ2n) is 2.99. The van der Waals surface area contributed by atoms with E-state index < -0.39 is 0 Å². The first-order valence-corrected chi connectivity index (χ1v) is 5.87. The molecule has 0 amide bonds. The molecule has 1 unspecified atom stereocenters. The van der Waals surface area contributed by atoms with Gasteiger partial charge in [-0.15, -0.1) is 6.58 Å². The number of quaternary nitrogens is 1. The number of ether oxygens (including phenoxy) is 1. The second kappa shape index (κ2) is 9.21. The molecule has 14 heavy (non-hydrogen) atoms. The van der Waals surface area contributed by atoms with Crippen LogP contribution in [-0.2, 0) is 9.53 Å². The van der Waals surface area contributed by atoms with Crippen LogP contribution in [0.5, 0.6) is 0 Å². The van der Waals surface area contributed by atoms with E-state index in [-0.39, 0.29) is 10.8 Å². The summed E-state index contributed by atoms with van der Waals surface area (Å²) in [4.78, 5) is 11.0. The lowest BCUT2D eigenvalue weighted by Gasteiger charge is -2.06. The second-order valence-corrected chi connectivity index (χ2v) is 4.09. The van der Waals surface area contributed by atoms with Crippen molar-refractivity contribution in [3.8, 4) is 0 Å². The third-order valence-electron chi connectivity index (χ3n) is 1.76. The Balaban J connectivity index is 3.27. The Morgan fingerprint density at radius 3 is 2.93 bits per heavy atom. The molecule has 0 aromatic carbocycles. The molecule has 0 fully saturated rings. The zero-order valence-electron chi connectivity index (χ0n) is 8.67. The average molecular weight is 265 g/mol. The molecule has 0 saturated heterocycles. The monoisotopic (exact) mass is 264 g/mol. The summed E-state index contributed by atoms with van der Waals surface area (Å²) in [5.41, 5.74) is 0. The highest BCUT2D eigenvalue weighted by molar-refractivity contribution is 9.10. The summed E-state index contributed by atoms with van der Waals surface area (Å²) in [6.45, 7) is 7.88. The SMILES string of the molecule is C=CCC[NH2+]CCOC(=O)C(Br)CC. The van der Waals surface area contributed by atoms with E-state index in [9.17, 15) is 4.79 Å². The summed E-state index contributed by atoms with van der Waals surface area (Å²) in [6.07, 6.45) is 3.64. The van der Waals surface area contributed by atoms with E-state index >= 15 is 0 Å². The number of alkyl halides is 1. The van der Waals surface area contributed by atoms with Gasteiger partial charge in [-0.2, -0.15) is 0 Å². The van der Waals surface area contributed by atoms with Crippen LogP contribution in [0.25, 0.3) is 0 Å². The fraction of sp³-hybridized carbons (Fsp3) is 0.700. The van der Waals surface area contributed by atoms with Crippen molar-refractivity contribution in [1.82, 2.24) is 0 Å². The maximum absolute atomic E-state index is 11.2. The van der Waals surface area contributed by atoms with Crippen molar-refractivity contribution in [2.45, 2.75) is 24.6 Å². The first-order chi connectivity index (χ1) is 6.72. The number of halogens is 1. The van der Waals surface area contributed by atoms with Crippen molar-refractivity contribution in [1.29, 1.82) is 0 Å². The van der Waals surface area contributed by atoms with Crippen molar-refractivity contribution in [3.05, 3.63) is 12.7 Å². The summed E-state index contributed by atoms with van der Waals surface area (Å²) in [5.74, 6) is -0.162. The fourth-order valence-electron chi connectivity index (χ4n) is 0.880. The lowest BCUT2D eigenvalue weighted by atomic mass is 10.3. The summed E-state index contributed by atoms with van der Waals surface area (Å²) < 4.78 is 5.03. The molecule has 0 rings (SSSR count). The Kier molecular flexibility index (Phi) is 8.98. The van der Waals surface area contributed by atoms with Crippen LogP contribution in [0.3, 0.4) is 0 Å². The zero-order valence-corrected chi connectivity index (χ0v) is 10.3. The zero-order chi connectivity index (χ0) is 10.8. The normalized spacial score (nSPS) is 12.1. The Morgan fingerprint density at radius 1 is 1.64 bits per heavy atom. The smallest absolute Gasteiger partial charge is 0.319 e. The molecule has 0 aromatic rings. The topological polar surface area (TPSA) is 42.9 Å². The Labute approximate surface area is 94.0 Å². The number of carbonyl (C=O) groups is 1. The van der Waals surface area contributed by atoms with Crippen molar-refractivity contribution in [3.63, 3.8) is 0 Å². The fourth-order valence-corrected chi connectivity index (χ4v) is 1.01. The number of carbonyl (C=O) groups excluding carboxylic acids is 1. The van der Waals surface area contributed by atoms with Crippen molar-refractivity contribution >= 4 is 21.9 Å². The molecule has 0 aliphatic rings. The van der Waals surface area contributed by atoms with Crippen molar-refractivity contribution in [2.24, 2.45) is 0 Å². The number of esters is 1. The molecule has 0 radical (unpaired) electrons. The minimum atomic E-state index is -0.162. The predicted molar refractivity (Wildman–Crippen MR) is 60.4 cm³/mol. The van der Waals surface area contributed by atoms with Gasteiger partial charge in [-0.05, 0) is 6.42 Å². The highest BCUT2D eigenvalue weighted by atomic mass is 79.9. The quantitative estimate of drug-likeness (QED) is 0.306. The summed E-state index contributed by atoms with van der Waals surface area (Å²) in [5, 5.41) is 2.12. The van der Waals surface area contributed by atoms with Crippen LogP contribution in [0.2, 0.25) is 0 Å². The van der Waals surface area contributed by atoms with E-state index in [1.165, 1.54) is 0 Å². The predicted octanol–water partition coefficient (Wildman–Crippen LogP) is 0.843. The molecule has 82 valence electrons. The maximum Gasteiger partial charge on any atom is 0.319 e. The van der Waals surface area contributed by atoms with Gasteiger partial charge in [0.25, 0.3) is 0 Å². The van der Waals surface area contributed by atoms with Gasteiger partial charge in [-0.1, -0.05) is 28.9 Å². The van der Waals surface area contributed by atoms with Crippen LogP contribution in [0.15, 0.2) is 12.7 Å². The molecular formula is C10H19BrNO2+. The summed E-state index contributed by atoms with van der Waals surface area (Å²) >= 11 is 3.24. The summed E-state index contributed by atoms with van der Waals surface area (Å²) in [6, 6.07) is 0. The highest BCUT2D eigenvalue weighted by Gasteiger charge is 2.13. The molecule has 0 aliphatic heterocycles. The van der Waals surface area contributed by atoms with Crippen molar-refractivity contribution < 1.29 is 14.8 Å². The Hall–Kier alpha value is -0.350. The van der Waals surface area contributed by atoms with Gasteiger partial charge < -0.3 is 10.1 Å². The largest absolute Gasteiger partial charge is 0.459 e. The van der Waals surface area contributed by atoms with Gasteiger partial charge in [-0.25, -0.2) is 0 Å². The molecule has 0 aliphatic carbocycles. The maximum atomic E-state index is 11.2. The standard InChI is InChI=1S/C10H18BrNO2/c1-3-5-6-12-7-8-14-10(13)9(11)4-2/h3,9,12H,1,4-8H2,2H3/p+1. The van der Waals surface area contributed by atoms with Crippen LogP contribution < -0.4 is 5.32 Å². The Bertz CT molecular complexity index is 174. The van der Waals surface area contributed by atoms with E-state index in [2.05, 4.69) is 27.8 Å². The minimum Gasteiger partial charge on any atom is -0.459 e. The molecule has 0 spiro atoms. The van der Waals surface area contributed by atoms with Gasteiger partial charge in [0.05, 0.1) is 6.54 Å². The van der Waals surface area contributed by atoms with Crippen LogP contribution in [0, 0.1) is 0 Å². The third kappa shape index (κ3) is 7.09. The number of hydrogen-bond donors (Lipinski definition) is 1. The number of hydrogen-bond acceptors (Lipinski definition) is 2. The molecule has 0 bridgehead atoms. The Morgan fingerprint density at radius 2 is 2.36 bits per heavy atom. The van der Waals surface area contributed by atoms with Crippen LogP contribution in [0.1, 0.15) is 19.8 Å². The molecular weight excluding hydrogens is 246 g/mol. The van der Waals surface area contributed by atoms with E-state index in [0.29, 0.717) is 6.61 Å². The number of rotatable bonds is 8. The molecule has 1 atom stereocenters. The van der Waals surface area contributed by atoms with Gasteiger partial charge in [0, 0.05) is 6.42 Å². The van der Waals surface area contributed by atoms with Crippen LogP contribution in [-0.4, -0.2) is 30.5 Å². The number of nitrogens with two attached hydrogens (primary N) is 1. The van der Waals surface area contributed by atoms with E-state index in [1.807, 2.05) is 13.0 Å². The average Bonchev–Trinajstić information content (AvgIpc) is 2.21. The van der Waals surface area contributed by atoms with Gasteiger partial charge in [0.15, 0.2) is 0 Å². The minimum absolute atomic E-state index is 0.157. The highest BCUT2D eigenvalue weighted by Crippen LogP contribution is 2.05. The molecule has 4 heteroatoms. The molecule has 3 nitrogen and oxygen atoms in total. The van der Waals surface area contributed by atoms with E-state index in [4.69, 9.17) is 4.74 Å². The van der Waals surface area contributed by atoms with Gasteiger partial charge in [-0.3, -0.25) is 4.79 Å². The lowest BCUT2D eigenvalue weighted by molar-refractivity contribution is -0.654. The molecule has 0 aromatic heterocycles.